The van der Waals surface area contributed by atoms with Crippen LogP contribution in [-0.4, -0.2) is 10.5 Å². The van der Waals surface area contributed by atoms with Gasteiger partial charge in [-0.1, -0.05) is 24.3 Å². The smallest absolute Gasteiger partial charge is 0.187 e. The molecule has 0 bridgehead atoms. The summed E-state index contributed by atoms with van der Waals surface area (Å²) in [6.45, 7) is 6.67. The highest BCUT2D eigenvalue weighted by molar-refractivity contribution is 7.84. The zero-order valence-corrected chi connectivity index (χ0v) is 6.89. The molecule has 0 aliphatic rings. The van der Waals surface area contributed by atoms with Crippen molar-refractivity contribution in [2.45, 2.75) is 4.90 Å². The summed E-state index contributed by atoms with van der Waals surface area (Å²) < 4.78 is 10.9. The van der Waals surface area contributed by atoms with Gasteiger partial charge >= 0.3 is 0 Å². The van der Waals surface area contributed by atoms with Gasteiger partial charge in [-0.3, -0.25) is 4.21 Å². The normalized spacial score (nSPS) is 12.0. The van der Waals surface area contributed by atoms with Crippen LogP contribution in [0.5, 0.6) is 0 Å². The lowest BCUT2D eigenvalue weighted by Crippen LogP contribution is -1.84. The van der Waals surface area contributed by atoms with Gasteiger partial charge in [0.05, 0.1) is 6.57 Å². The van der Waals surface area contributed by atoms with Crippen LogP contribution in [-0.2, 0) is 10.8 Å². The lowest BCUT2D eigenvalue weighted by molar-refractivity contribution is 0.687. The fourth-order valence-electron chi connectivity index (χ4n) is 0.712. The summed E-state index contributed by atoms with van der Waals surface area (Å²) >= 11 is 0. The summed E-state index contributed by atoms with van der Waals surface area (Å²) in [6, 6.07) is 6.76. The van der Waals surface area contributed by atoms with Crippen molar-refractivity contribution in [2.24, 2.45) is 0 Å². The van der Waals surface area contributed by atoms with Crippen LogP contribution < -0.4 is 0 Å². The van der Waals surface area contributed by atoms with Crippen molar-refractivity contribution >= 4 is 16.5 Å². The van der Waals surface area contributed by atoms with Gasteiger partial charge in [0.2, 0.25) is 0 Å². The molecule has 1 atom stereocenters. The molecule has 0 aromatic heterocycles. The molecule has 0 unspecified atom stereocenters. The molecular weight excluding hydrogens is 158 g/mol. The van der Waals surface area contributed by atoms with Crippen LogP contribution in [0.25, 0.3) is 4.85 Å². The van der Waals surface area contributed by atoms with Crippen LogP contribution >= 0.6 is 0 Å². The van der Waals surface area contributed by atoms with E-state index >= 15 is 0 Å². The number of hydrogen-bond acceptors (Lipinski definition) is 1. The predicted octanol–water partition coefficient (Wildman–Crippen LogP) is 1.97. The molecule has 1 aromatic rings. The van der Waals surface area contributed by atoms with Crippen LogP contribution in [0.1, 0.15) is 0 Å². The predicted molar refractivity (Wildman–Crippen MR) is 45.0 cm³/mol. The Bertz CT molecular complexity index is 310. The second-order valence-corrected chi connectivity index (χ2v) is 3.44. The third-order valence-corrected chi connectivity index (χ3v) is 2.23. The summed E-state index contributed by atoms with van der Waals surface area (Å²) in [6.07, 6.45) is 1.62. The number of rotatable bonds is 1. The average Bonchev–Trinajstić information content (AvgIpc) is 2.05. The van der Waals surface area contributed by atoms with E-state index in [1.165, 1.54) is 0 Å². The molecular formula is C8H7NOS. The van der Waals surface area contributed by atoms with E-state index < -0.39 is 10.8 Å². The molecule has 0 saturated carbocycles. The average molecular weight is 165 g/mol. The van der Waals surface area contributed by atoms with Gasteiger partial charge in [0.1, 0.15) is 0 Å². The van der Waals surface area contributed by atoms with Gasteiger partial charge < -0.3 is 0 Å². The molecule has 0 heterocycles. The van der Waals surface area contributed by atoms with Gasteiger partial charge in [0.25, 0.3) is 0 Å². The summed E-state index contributed by atoms with van der Waals surface area (Å²) in [5.74, 6) is 0. The quantitative estimate of drug-likeness (QED) is 0.583. The van der Waals surface area contributed by atoms with Gasteiger partial charge in [0, 0.05) is 22.0 Å². The lowest BCUT2D eigenvalue weighted by atomic mass is 10.3. The molecule has 0 amide bonds. The van der Waals surface area contributed by atoms with Crippen molar-refractivity contribution in [3.05, 3.63) is 35.7 Å². The Labute approximate surface area is 68.1 Å². The molecule has 0 aliphatic heterocycles. The summed E-state index contributed by atoms with van der Waals surface area (Å²) in [7, 11) is -0.942. The molecule has 1 aromatic carbocycles. The van der Waals surface area contributed by atoms with E-state index in [0.29, 0.717) is 5.69 Å². The Morgan fingerprint density at radius 1 is 1.36 bits per heavy atom. The molecule has 11 heavy (non-hydrogen) atoms. The van der Waals surface area contributed by atoms with Crippen molar-refractivity contribution in [2.75, 3.05) is 6.26 Å². The Balaban J connectivity index is 3.03. The van der Waals surface area contributed by atoms with E-state index in [-0.39, 0.29) is 0 Å². The SMILES string of the molecule is [C-]#[N+]c1ccc([S@@](C)=O)cc1. The number of benzene rings is 1. The second-order valence-electron chi connectivity index (χ2n) is 2.06. The van der Waals surface area contributed by atoms with Crippen LogP contribution in [0.3, 0.4) is 0 Å². The van der Waals surface area contributed by atoms with Crippen LogP contribution in [0.2, 0.25) is 0 Å². The first-order valence-corrected chi connectivity index (χ1v) is 4.61. The lowest BCUT2D eigenvalue weighted by Gasteiger charge is -1.93. The zero-order valence-electron chi connectivity index (χ0n) is 6.07. The van der Waals surface area contributed by atoms with Gasteiger partial charge in [-0.25, -0.2) is 4.85 Å². The largest absolute Gasteiger partial charge is 0.255 e. The highest BCUT2D eigenvalue weighted by Gasteiger charge is 1.95. The van der Waals surface area contributed by atoms with Crippen molar-refractivity contribution in [3.63, 3.8) is 0 Å². The van der Waals surface area contributed by atoms with E-state index in [9.17, 15) is 4.21 Å². The fourth-order valence-corrected chi connectivity index (χ4v) is 1.23. The van der Waals surface area contributed by atoms with Crippen molar-refractivity contribution in [1.82, 2.24) is 0 Å². The van der Waals surface area contributed by atoms with E-state index in [0.717, 1.165) is 4.90 Å². The monoisotopic (exact) mass is 165 g/mol. The zero-order chi connectivity index (χ0) is 8.27. The molecule has 0 fully saturated rings. The van der Waals surface area contributed by atoms with Crippen LogP contribution in [0.4, 0.5) is 5.69 Å². The van der Waals surface area contributed by atoms with Crippen molar-refractivity contribution < 1.29 is 4.21 Å². The minimum Gasteiger partial charge on any atom is -0.255 e. The minimum atomic E-state index is -0.942. The van der Waals surface area contributed by atoms with E-state index in [1.807, 2.05) is 0 Å². The first kappa shape index (κ1) is 7.96. The molecule has 56 valence electrons. The minimum absolute atomic E-state index is 0.583. The maximum absolute atomic E-state index is 10.9. The van der Waals surface area contributed by atoms with Crippen molar-refractivity contribution in [1.29, 1.82) is 0 Å². The molecule has 3 heteroatoms. The topological polar surface area (TPSA) is 21.4 Å². The van der Waals surface area contributed by atoms with Crippen molar-refractivity contribution in [3.8, 4) is 0 Å². The van der Waals surface area contributed by atoms with Gasteiger partial charge in [-0.2, -0.15) is 0 Å². The number of nitrogens with zero attached hydrogens (tertiary/aromatic N) is 1. The third-order valence-electron chi connectivity index (χ3n) is 1.30. The fraction of sp³-hybridized carbons (Fsp3) is 0.125. The maximum atomic E-state index is 10.9. The molecule has 1 rings (SSSR count). The van der Waals surface area contributed by atoms with Gasteiger partial charge in [-0.05, 0) is 0 Å². The molecule has 0 radical (unpaired) electrons. The molecule has 2 nitrogen and oxygen atoms in total. The summed E-state index contributed by atoms with van der Waals surface area (Å²) in [4.78, 5) is 3.98. The standard InChI is InChI=1S/C8H7NOS/c1-9-7-3-5-8(6-4-7)11(2)10/h3-6H,2H3/t11-/m1/s1. The summed E-state index contributed by atoms with van der Waals surface area (Å²) in [5.41, 5.74) is 0.583. The Morgan fingerprint density at radius 2 is 1.91 bits per heavy atom. The van der Waals surface area contributed by atoms with Crippen LogP contribution in [0.15, 0.2) is 29.2 Å². The van der Waals surface area contributed by atoms with Gasteiger partial charge in [-0.15, -0.1) is 0 Å². The third kappa shape index (κ3) is 1.89. The van der Waals surface area contributed by atoms with Gasteiger partial charge in [0.15, 0.2) is 5.69 Å². The first-order chi connectivity index (χ1) is 5.24. The second kappa shape index (κ2) is 3.31. The Morgan fingerprint density at radius 3 is 2.27 bits per heavy atom. The maximum Gasteiger partial charge on any atom is 0.187 e. The Hall–Kier alpha value is -1.14. The molecule has 0 aliphatic carbocycles. The van der Waals surface area contributed by atoms with E-state index in [2.05, 4.69) is 4.85 Å². The molecule has 0 saturated heterocycles. The highest BCUT2D eigenvalue weighted by atomic mass is 32.2. The molecule has 0 spiro atoms. The van der Waals surface area contributed by atoms with E-state index in [4.69, 9.17) is 6.57 Å². The first-order valence-electron chi connectivity index (χ1n) is 3.05. The van der Waals surface area contributed by atoms with E-state index in [1.54, 1.807) is 30.5 Å². The van der Waals surface area contributed by atoms with Crippen LogP contribution in [0, 0.1) is 6.57 Å². The summed E-state index contributed by atoms with van der Waals surface area (Å²) in [5, 5.41) is 0. The molecule has 0 N–H and O–H groups in total. The highest BCUT2D eigenvalue weighted by Crippen LogP contribution is 2.13. The number of hydrogen-bond donors (Lipinski definition) is 0. The Kier molecular flexibility index (Phi) is 2.40.